The van der Waals surface area contributed by atoms with E-state index in [0.29, 0.717) is 49.7 Å². The largest absolute Gasteiger partial charge is 0.491 e. The molecule has 2 aliphatic rings. The number of likely N-dealkylation sites (tertiary alicyclic amines) is 1. The number of amides is 3. The first-order chi connectivity index (χ1) is 17.2. The molecule has 1 aromatic carbocycles. The summed E-state index contributed by atoms with van der Waals surface area (Å²) >= 11 is 0. The number of fused-ring (bicyclic) bond motifs is 2. The standard InChI is InChI=1S/C24H26F2N6O4/c1-24(25,26)17-4-6-31(7-5-17)23(35)32-8-9-36-19-3-2-14(10-16(19)13-32)15-11-18-20(27-12-15)29-21(28-18)30-22(33)34/h2-3,10-12,17H,4-9,13H2,1H3,(H,33,34)(H2,27,28,29,30). The topological polar surface area (TPSA) is 124 Å². The smallest absolute Gasteiger partial charge is 0.411 e. The molecule has 0 bridgehead atoms. The Kier molecular flexibility index (Phi) is 6.10. The summed E-state index contributed by atoms with van der Waals surface area (Å²) in [6, 6.07) is 7.32. The number of ether oxygens (including phenoxy) is 1. The predicted molar refractivity (Wildman–Crippen MR) is 127 cm³/mol. The summed E-state index contributed by atoms with van der Waals surface area (Å²) < 4.78 is 33.2. The average Bonchev–Trinajstić information content (AvgIpc) is 3.10. The molecular formula is C24H26F2N6O4. The van der Waals surface area contributed by atoms with Gasteiger partial charge in [0.05, 0.1) is 18.6 Å². The van der Waals surface area contributed by atoms with Gasteiger partial charge >= 0.3 is 12.1 Å². The number of piperidine rings is 1. The van der Waals surface area contributed by atoms with Crippen LogP contribution in [0.15, 0.2) is 30.5 Å². The zero-order chi connectivity index (χ0) is 25.4. The van der Waals surface area contributed by atoms with Gasteiger partial charge in [-0.05, 0) is 43.5 Å². The zero-order valence-electron chi connectivity index (χ0n) is 19.6. The summed E-state index contributed by atoms with van der Waals surface area (Å²) in [7, 11) is 0. The van der Waals surface area contributed by atoms with Crippen LogP contribution in [0, 0.1) is 5.92 Å². The molecule has 0 spiro atoms. The van der Waals surface area contributed by atoms with E-state index < -0.39 is 17.9 Å². The third kappa shape index (κ3) is 4.88. The van der Waals surface area contributed by atoms with E-state index in [1.54, 1.807) is 16.0 Å². The molecule has 190 valence electrons. The number of urea groups is 1. The molecule has 0 saturated carbocycles. The van der Waals surface area contributed by atoms with Crippen molar-refractivity contribution in [2.75, 3.05) is 31.6 Å². The number of hydrogen-bond donors (Lipinski definition) is 3. The Morgan fingerprint density at radius 1 is 1.17 bits per heavy atom. The fourth-order valence-corrected chi connectivity index (χ4v) is 4.73. The SMILES string of the molecule is CC(F)(F)C1CCN(C(=O)N2CCOc3ccc(-c4cnc5nc(NC(=O)O)[nH]c5c4)cc3C2)CC1. The van der Waals surface area contributed by atoms with Crippen molar-refractivity contribution in [2.24, 2.45) is 5.92 Å². The Labute approximate surface area is 205 Å². The van der Waals surface area contributed by atoms with Gasteiger partial charge in [0.15, 0.2) is 5.65 Å². The number of benzene rings is 1. The molecule has 0 atom stereocenters. The molecule has 36 heavy (non-hydrogen) atoms. The van der Waals surface area contributed by atoms with E-state index in [-0.39, 0.29) is 24.8 Å². The van der Waals surface area contributed by atoms with Gasteiger partial charge in [0.2, 0.25) is 11.9 Å². The number of hydrogen-bond acceptors (Lipinski definition) is 5. The monoisotopic (exact) mass is 500 g/mol. The molecule has 3 amide bonds. The lowest BCUT2D eigenvalue weighted by Crippen LogP contribution is -2.48. The Morgan fingerprint density at radius 2 is 1.94 bits per heavy atom. The van der Waals surface area contributed by atoms with E-state index >= 15 is 0 Å². The van der Waals surface area contributed by atoms with Crippen LogP contribution in [0.3, 0.4) is 0 Å². The highest BCUT2D eigenvalue weighted by Crippen LogP contribution is 2.34. The van der Waals surface area contributed by atoms with E-state index in [2.05, 4.69) is 20.3 Å². The van der Waals surface area contributed by atoms with Crippen LogP contribution < -0.4 is 10.1 Å². The maximum absolute atomic E-state index is 13.7. The Morgan fingerprint density at radius 3 is 2.67 bits per heavy atom. The fourth-order valence-electron chi connectivity index (χ4n) is 4.73. The predicted octanol–water partition coefficient (Wildman–Crippen LogP) is 4.40. The van der Waals surface area contributed by atoms with E-state index in [1.165, 1.54) is 0 Å². The first-order valence-corrected chi connectivity index (χ1v) is 11.7. The molecule has 5 rings (SSSR count). The number of carboxylic acid groups (broad SMARTS) is 1. The summed E-state index contributed by atoms with van der Waals surface area (Å²) in [6.07, 6.45) is 0.982. The lowest BCUT2D eigenvalue weighted by molar-refractivity contribution is -0.0594. The van der Waals surface area contributed by atoms with Crippen LogP contribution >= 0.6 is 0 Å². The highest BCUT2D eigenvalue weighted by atomic mass is 19.3. The van der Waals surface area contributed by atoms with Gasteiger partial charge in [0.1, 0.15) is 12.4 Å². The van der Waals surface area contributed by atoms with Crippen LogP contribution in [0.4, 0.5) is 24.3 Å². The van der Waals surface area contributed by atoms with Crippen molar-refractivity contribution in [3.05, 3.63) is 36.0 Å². The minimum atomic E-state index is -2.73. The molecule has 4 heterocycles. The number of anilines is 1. The number of carbonyl (C=O) groups excluding carboxylic acids is 1. The minimum Gasteiger partial charge on any atom is -0.491 e. The first kappa shape index (κ1) is 23.8. The van der Waals surface area contributed by atoms with Gasteiger partial charge in [-0.1, -0.05) is 6.07 Å². The maximum Gasteiger partial charge on any atom is 0.411 e. The molecule has 1 saturated heterocycles. The van der Waals surface area contributed by atoms with Crippen molar-refractivity contribution >= 4 is 29.2 Å². The lowest BCUT2D eigenvalue weighted by Gasteiger charge is -2.37. The average molecular weight is 501 g/mol. The molecule has 0 radical (unpaired) electrons. The number of aromatic nitrogens is 3. The maximum atomic E-state index is 13.7. The van der Waals surface area contributed by atoms with Crippen molar-refractivity contribution in [3.8, 4) is 16.9 Å². The quantitative estimate of drug-likeness (QED) is 0.490. The number of nitrogens with zero attached hydrogens (tertiary/aromatic N) is 4. The summed E-state index contributed by atoms with van der Waals surface area (Å²) in [6.45, 7) is 2.63. The minimum absolute atomic E-state index is 0.0818. The van der Waals surface area contributed by atoms with E-state index in [4.69, 9.17) is 9.84 Å². The molecule has 1 fully saturated rings. The fraction of sp³-hybridized carbons (Fsp3) is 0.417. The summed E-state index contributed by atoms with van der Waals surface area (Å²) in [5.74, 6) is -2.67. The molecule has 0 aliphatic carbocycles. The van der Waals surface area contributed by atoms with Crippen molar-refractivity contribution in [3.63, 3.8) is 0 Å². The van der Waals surface area contributed by atoms with Crippen LogP contribution in [0.2, 0.25) is 0 Å². The third-order valence-electron chi connectivity index (χ3n) is 6.69. The normalized spacial score (nSPS) is 16.9. The molecule has 12 heteroatoms. The van der Waals surface area contributed by atoms with Crippen LogP contribution in [-0.4, -0.2) is 74.1 Å². The molecule has 2 aromatic heterocycles. The van der Waals surface area contributed by atoms with Crippen LogP contribution in [-0.2, 0) is 6.54 Å². The van der Waals surface area contributed by atoms with Gasteiger partial charge in [-0.25, -0.2) is 23.4 Å². The number of alkyl halides is 2. The summed E-state index contributed by atoms with van der Waals surface area (Å²) in [5.41, 5.74) is 3.39. The number of nitrogens with one attached hydrogen (secondary N) is 2. The van der Waals surface area contributed by atoms with Crippen molar-refractivity contribution < 1.29 is 28.2 Å². The molecule has 10 nitrogen and oxygen atoms in total. The van der Waals surface area contributed by atoms with Crippen molar-refractivity contribution in [1.82, 2.24) is 24.8 Å². The number of halogens is 2. The summed E-state index contributed by atoms with van der Waals surface area (Å²) in [4.78, 5) is 38.7. The number of H-pyrrole nitrogens is 1. The number of imidazole rings is 1. The van der Waals surface area contributed by atoms with Crippen LogP contribution in [0.25, 0.3) is 22.3 Å². The molecule has 0 unspecified atom stereocenters. The van der Waals surface area contributed by atoms with Crippen LogP contribution in [0.5, 0.6) is 5.75 Å². The van der Waals surface area contributed by atoms with Gasteiger partial charge in [-0.3, -0.25) is 5.32 Å². The molecular weight excluding hydrogens is 474 g/mol. The Bertz CT molecular complexity index is 1300. The van der Waals surface area contributed by atoms with Gasteiger partial charge in [0.25, 0.3) is 0 Å². The molecule has 2 aliphatic heterocycles. The third-order valence-corrected chi connectivity index (χ3v) is 6.69. The van der Waals surface area contributed by atoms with E-state index in [9.17, 15) is 18.4 Å². The van der Waals surface area contributed by atoms with Gasteiger partial charge < -0.3 is 24.6 Å². The van der Waals surface area contributed by atoms with Crippen molar-refractivity contribution in [1.29, 1.82) is 0 Å². The zero-order valence-corrected chi connectivity index (χ0v) is 19.6. The number of pyridine rings is 1. The van der Waals surface area contributed by atoms with Gasteiger partial charge in [-0.2, -0.15) is 4.98 Å². The van der Waals surface area contributed by atoms with Crippen molar-refractivity contribution in [2.45, 2.75) is 32.2 Å². The number of rotatable bonds is 3. The number of aromatic amines is 1. The Balaban J connectivity index is 1.33. The first-order valence-electron chi connectivity index (χ1n) is 11.7. The summed E-state index contributed by atoms with van der Waals surface area (Å²) in [5, 5.41) is 11.1. The van der Waals surface area contributed by atoms with Gasteiger partial charge in [-0.15, -0.1) is 0 Å². The van der Waals surface area contributed by atoms with E-state index in [0.717, 1.165) is 23.6 Å². The second-order valence-corrected chi connectivity index (χ2v) is 9.20. The number of carbonyl (C=O) groups is 2. The second kappa shape index (κ2) is 9.25. The second-order valence-electron chi connectivity index (χ2n) is 9.20. The highest BCUT2D eigenvalue weighted by molar-refractivity contribution is 5.85. The van der Waals surface area contributed by atoms with Gasteiger partial charge in [0, 0.05) is 36.3 Å². The highest BCUT2D eigenvalue weighted by Gasteiger charge is 2.38. The van der Waals surface area contributed by atoms with E-state index in [1.807, 2.05) is 24.3 Å². The molecule has 3 aromatic rings. The molecule has 3 N–H and O–H groups in total. The Hall–Kier alpha value is -3.96. The lowest BCUT2D eigenvalue weighted by atomic mass is 9.91. The van der Waals surface area contributed by atoms with Crippen LogP contribution in [0.1, 0.15) is 25.3 Å².